The lowest BCUT2D eigenvalue weighted by Gasteiger charge is -2.01. The van der Waals surface area contributed by atoms with Crippen LogP contribution < -0.4 is 0 Å². The van der Waals surface area contributed by atoms with Crippen molar-refractivity contribution in [3.63, 3.8) is 0 Å². The molecule has 0 bridgehead atoms. The first kappa shape index (κ1) is 18.2. The molecular weight excluding hydrogens is 294 g/mol. The molecule has 0 aliphatic rings. The van der Waals surface area contributed by atoms with Gasteiger partial charge in [0.1, 0.15) is 11.8 Å². The number of hydrogen-bond acceptors (Lipinski definition) is 4. The topological polar surface area (TPSA) is 77.3 Å². The van der Waals surface area contributed by atoms with Gasteiger partial charge in [-0.15, -0.1) is 0 Å². The Hall–Kier alpha value is -2.82. The summed E-state index contributed by atoms with van der Waals surface area (Å²) in [5.74, 6) is -0.335. The molecule has 0 heterocycles. The molecule has 0 aliphatic carbocycles. The summed E-state index contributed by atoms with van der Waals surface area (Å²) in [6, 6.07) is 14.5. The number of para-hydroxylation sites is 1. The molecule has 0 unspecified atom stereocenters. The fraction of sp³-hybridized carbons (Fsp3) is 0.222. The van der Waals surface area contributed by atoms with E-state index in [1.54, 1.807) is 42.5 Å². The van der Waals surface area contributed by atoms with Gasteiger partial charge in [0.2, 0.25) is 0 Å². The molecule has 0 spiro atoms. The predicted molar refractivity (Wildman–Crippen MR) is 88.6 cm³/mol. The van der Waals surface area contributed by atoms with Crippen LogP contribution in [0.2, 0.25) is 0 Å². The number of carbonyl (C=O) groups is 2. The molecule has 0 aliphatic heterocycles. The minimum absolute atomic E-state index is 0.115. The van der Waals surface area contributed by atoms with Gasteiger partial charge < -0.3 is 4.79 Å². The number of aldehydes is 1. The average molecular weight is 313 g/mol. The number of unbranched alkanes of at least 4 members (excludes halogenated alkanes) is 2. The lowest BCUT2D eigenvalue weighted by atomic mass is 10.0. The number of nitro benzene ring substituents is 1. The van der Waals surface area contributed by atoms with Gasteiger partial charge >= 0.3 is 0 Å². The van der Waals surface area contributed by atoms with Gasteiger partial charge in [0.05, 0.1) is 4.92 Å². The maximum atomic E-state index is 12.1. The van der Waals surface area contributed by atoms with Crippen LogP contribution in [0.15, 0.2) is 54.6 Å². The Balaban J connectivity index is 0.000000379. The zero-order valence-electron chi connectivity index (χ0n) is 13.0. The van der Waals surface area contributed by atoms with Crippen molar-refractivity contribution in [2.45, 2.75) is 26.2 Å². The first-order valence-electron chi connectivity index (χ1n) is 7.38. The molecule has 0 atom stereocenters. The summed E-state index contributed by atoms with van der Waals surface area (Å²) in [6.45, 7) is 2.07. The first-order chi connectivity index (χ1) is 11.1. The molecule has 120 valence electrons. The van der Waals surface area contributed by atoms with E-state index in [-0.39, 0.29) is 17.0 Å². The van der Waals surface area contributed by atoms with E-state index in [4.69, 9.17) is 0 Å². The van der Waals surface area contributed by atoms with Gasteiger partial charge in [-0.05, 0) is 12.5 Å². The Labute approximate surface area is 135 Å². The molecule has 2 rings (SSSR count). The van der Waals surface area contributed by atoms with Crippen LogP contribution in [0.4, 0.5) is 5.69 Å². The van der Waals surface area contributed by atoms with E-state index in [0.717, 1.165) is 25.5 Å². The Morgan fingerprint density at radius 2 is 1.70 bits per heavy atom. The Kier molecular flexibility index (Phi) is 7.92. The standard InChI is InChI=1S/C13H9NO3.C5H10O/c15-13(10-6-2-1-3-7-10)11-8-4-5-9-12(11)14(16)17;1-2-3-4-5-6/h1-9H;5H,2-4H2,1H3. The van der Waals surface area contributed by atoms with E-state index in [1.807, 2.05) is 0 Å². The monoisotopic (exact) mass is 313 g/mol. The van der Waals surface area contributed by atoms with E-state index in [2.05, 4.69) is 6.92 Å². The highest BCUT2D eigenvalue weighted by Crippen LogP contribution is 2.20. The van der Waals surface area contributed by atoms with Crippen LogP contribution in [0.5, 0.6) is 0 Å². The number of nitrogens with zero attached hydrogens (tertiary/aromatic N) is 1. The molecule has 23 heavy (non-hydrogen) atoms. The van der Waals surface area contributed by atoms with Gasteiger partial charge in [-0.3, -0.25) is 14.9 Å². The molecule has 0 fully saturated rings. The lowest BCUT2D eigenvalue weighted by molar-refractivity contribution is -0.385. The fourth-order valence-corrected chi connectivity index (χ4v) is 1.86. The fourth-order valence-electron chi connectivity index (χ4n) is 1.86. The SMILES string of the molecule is CCCCC=O.O=C(c1ccccc1)c1ccccc1[N+](=O)[O-]. The summed E-state index contributed by atoms with van der Waals surface area (Å²) in [7, 11) is 0. The van der Waals surface area contributed by atoms with Crippen molar-refractivity contribution in [1.29, 1.82) is 0 Å². The highest BCUT2D eigenvalue weighted by atomic mass is 16.6. The second kappa shape index (κ2) is 10.00. The van der Waals surface area contributed by atoms with Crippen molar-refractivity contribution < 1.29 is 14.5 Å². The first-order valence-corrected chi connectivity index (χ1v) is 7.38. The van der Waals surface area contributed by atoms with Crippen LogP contribution >= 0.6 is 0 Å². The van der Waals surface area contributed by atoms with Gasteiger partial charge in [0.15, 0.2) is 5.78 Å². The molecule has 0 N–H and O–H groups in total. The Bertz CT molecular complexity index is 653. The number of rotatable bonds is 6. The molecule has 0 saturated carbocycles. The number of hydrogen-bond donors (Lipinski definition) is 0. The van der Waals surface area contributed by atoms with E-state index in [9.17, 15) is 19.7 Å². The molecule has 5 heteroatoms. The minimum Gasteiger partial charge on any atom is -0.303 e. The summed E-state index contributed by atoms with van der Waals surface area (Å²) in [6.07, 6.45) is 3.86. The van der Waals surface area contributed by atoms with Gasteiger partial charge in [-0.2, -0.15) is 0 Å². The third-order valence-corrected chi connectivity index (χ3v) is 3.06. The maximum Gasteiger partial charge on any atom is 0.280 e. The third-order valence-electron chi connectivity index (χ3n) is 3.06. The minimum atomic E-state index is -0.545. The van der Waals surface area contributed by atoms with Gasteiger partial charge in [0, 0.05) is 18.1 Å². The molecule has 2 aromatic carbocycles. The summed E-state index contributed by atoms with van der Waals surface area (Å²) in [5, 5.41) is 10.8. The van der Waals surface area contributed by atoms with E-state index < -0.39 is 4.92 Å². The summed E-state index contributed by atoms with van der Waals surface area (Å²) in [5.41, 5.74) is 0.395. The summed E-state index contributed by atoms with van der Waals surface area (Å²) < 4.78 is 0. The van der Waals surface area contributed by atoms with Crippen molar-refractivity contribution in [3.05, 3.63) is 75.8 Å². The average Bonchev–Trinajstić information content (AvgIpc) is 2.60. The van der Waals surface area contributed by atoms with E-state index in [1.165, 1.54) is 12.1 Å². The van der Waals surface area contributed by atoms with Crippen molar-refractivity contribution in [1.82, 2.24) is 0 Å². The second-order valence-electron chi connectivity index (χ2n) is 4.78. The lowest BCUT2D eigenvalue weighted by Crippen LogP contribution is -2.04. The third kappa shape index (κ3) is 5.82. The van der Waals surface area contributed by atoms with Gasteiger partial charge in [-0.25, -0.2) is 0 Å². The zero-order chi connectivity index (χ0) is 17.1. The van der Waals surface area contributed by atoms with Crippen LogP contribution in [0, 0.1) is 10.1 Å². The van der Waals surface area contributed by atoms with E-state index in [0.29, 0.717) is 5.56 Å². The smallest absolute Gasteiger partial charge is 0.280 e. The molecular formula is C18H19NO4. The number of nitro groups is 1. The Morgan fingerprint density at radius 3 is 2.22 bits per heavy atom. The number of carbonyl (C=O) groups excluding carboxylic acids is 2. The largest absolute Gasteiger partial charge is 0.303 e. The van der Waals surface area contributed by atoms with Crippen LogP contribution in [-0.4, -0.2) is 17.0 Å². The van der Waals surface area contributed by atoms with Crippen molar-refractivity contribution in [2.75, 3.05) is 0 Å². The molecule has 5 nitrogen and oxygen atoms in total. The van der Waals surface area contributed by atoms with Gasteiger partial charge in [-0.1, -0.05) is 55.8 Å². The number of benzene rings is 2. The predicted octanol–water partition coefficient (Wildman–Crippen LogP) is 4.20. The van der Waals surface area contributed by atoms with Crippen molar-refractivity contribution >= 4 is 17.8 Å². The molecule has 0 aromatic heterocycles. The summed E-state index contributed by atoms with van der Waals surface area (Å²) in [4.78, 5) is 31.9. The van der Waals surface area contributed by atoms with Crippen LogP contribution in [0.25, 0.3) is 0 Å². The molecule has 0 amide bonds. The highest BCUT2D eigenvalue weighted by Gasteiger charge is 2.19. The molecule has 0 saturated heterocycles. The summed E-state index contributed by atoms with van der Waals surface area (Å²) >= 11 is 0. The van der Waals surface area contributed by atoms with Crippen LogP contribution in [0.3, 0.4) is 0 Å². The quantitative estimate of drug-likeness (QED) is 0.263. The van der Waals surface area contributed by atoms with Crippen LogP contribution in [0.1, 0.15) is 42.1 Å². The maximum absolute atomic E-state index is 12.1. The zero-order valence-corrected chi connectivity index (χ0v) is 13.0. The molecule has 0 radical (unpaired) electrons. The van der Waals surface area contributed by atoms with Crippen molar-refractivity contribution in [3.8, 4) is 0 Å². The Morgan fingerprint density at radius 1 is 1.09 bits per heavy atom. The number of ketones is 1. The van der Waals surface area contributed by atoms with Gasteiger partial charge in [0.25, 0.3) is 5.69 Å². The van der Waals surface area contributed by atoms with Crippen molar-refractivity contribution in [2.24, 2.45) is 0 Å². The normalized spacial score (nSPS) is 9.43. The molecule has 2 aromatic rings. The van der Waals surface area contributed by atoms with Crippen LogP contribution in [-0.2, 0) is 4.79 Å². The highest BCUT2D eigenvalue weighted by molar-refractivity contribution is 6.11. The second-order valence-corrected chi connectivity index (χ2v) is 4.78. The van der Waals surface area contributed by atoms with E-state index >= 15 is 0 Å².